The molecule has 1 N–H and O–H groups in total. The van der Waals surface area contributed by atoms with Crippen LogP contribution >= 0.6 is 22.6 Å². The first-order valence-corrected chi connectivity index (χ1v) is 4.77. The highest BCUT2D eigenvalue weighted by Gasteiger charge is 2.15. The summed E-state index contributed by atoms with van der Waals surface area (Å²) in [7, 11) is 2.07. The minimum absolute atomic E-state index is 0.974. The lowest BCUT2D eigenvalue weighted by atomic mass is 10.2. The fraction of sp³-hybridized carbons (Fsp3) is 0.571. The SMILES string of the molecule is Cn1c(I)nc2c1CNCC2. The lowest BCUT2D eigenvalue weighted by Gasteiger charge is -2.12. The van der Waals surface area contributed by atoms with Gasteiger partial charge >= 0.3 is 0 Å². The van der Waals surface area contributed by atoms with Crippen LogP contribution in [0.25, 0.3) is 0 Å². The maximum absolute atomic E-state index is 4.46. The van der Waals surface area contributed by atoms with E-state index in [0.29, 0.717) is 0 Å². The number of hydrogen-bond acceptors (Lipinski definition) is 2. The quantitative estimate of drug-likeness (QED) is 0.697. The third kappa shape index (κ3) is 1.18. The van der Waals surface area contributed by atoms with Crippen LogP contribution in [0.1, 0.15) is 11.4 Å². The fourth-order valence-electron chi connectivity index (χ4n) is 1.39. The van der Waals surface area contributed by atoms with Crippen molar-refractivity contribution in [3.63, 3.8) is 0 Å². The van der Waals surface area contributed by atoms with Crippen molar-refractivity contribution in [1.82, 2.24) is 14.9 Å². The Morgan fingerprint density at radius 1 is 1.64 bits per heavy atom. The van der Waals surface area contributed by atoms with Gasteiger partial charge in [-0.05, 0) is 22.6 Å². The molecule has 4 heteroatoms. The summed E-state index contributed by atoms with van der Waals surface area (Å²) in [6.07, 6.45) is 1.08. The molecular formula is C7H10IN3. The molecule has 0 radical (unpaired) electrons. The second kappa shape index (κ2) is 2.75. The van der Waals surface area contributed by atoms with Gasteiger partial charge in [-0.25, -0.2) is 4.98 Å². The van der Waals surface area contributed by atoms with Gasteiger partial charge < -0.3 is 9.88 Å². The fourth-order valence-corrected chi connectivity index (χ4v) is 1.97. The zero-order chi connectivity index (χ0) is 7.84. The maximum Gasteiger partial charge on any atom is 0.171 e. The molecule has 0 amide bonds. The van der Waals surface area contributed by atoms with Crippen molar-refractivity contribution < 1.29 is 0 Å². The summed E-state index contributed by atoms with van der Waals surface area (Å²) in [5, 5.41) is 3.33. The molecule has 0 unspecified atom stereocenters. The number of fused-ring (bicyclic) bond motifs is 1. The molecular weight excluding hydrogens is 253 g/mol. The van der Waals surface area contributed by atoms with Crippen molar-refractivity contribution in [2.24, 2.45) is 7.05 Å². The Labute approximate surface area is 79.3 Å². The minimum atomic E-state index is 0.974. The number of hydrogen-bond donors (Lipinski definition) is 1. The standard InChI is InChI=1S/C7H10IN3/c1-11-6-4-9-3-2-5(6)10-7(11)8/h9H,2-4H2,1H3. The largest absolute Gasteiger partial charge is 0.325 e. The molecule has 1 aromatic heterocycles. The molecule has 2 heterocycles. The molecule has 0 atom stereocenters. The monoisotopic (exact) mass is 263 g/mol. The van der Waals surface area contributed by atoms with E-state index in [1.165, 1.54) is 11.4 Å². The van der Waals surface area contributed by atoms with Gasteiger partial charge in [0.05, 0.1) is 11.4 Å². The Morgan fingerprint density at radius 3 is 3.18 bits per heavy atom. The van der Waals surface area contributed by atoms with Crippen molar-refractivity contribution in [2.75, 3.05) is 6.54 Å². The Morgan fingerprint density at radius 2 is 2.45 bits per heavy atom. The third-order valence-electron chi connectivity index (χ3n) is 2.07. The van der Waals surface area contributed by atoms with Gasteiger partial charge in [-0.3, -0.25) is 0 Å². The van der Waals surface area contributed by atoms with Crippen molar-refractivity contribution in [2.45, 2.75) is 13.0 Å². The Balaban J connectivity index is 2.50. The van der Waals surface area contributed by atoms with Crippen molar-refractivity contribution in [3.05, 3.63) is 15.2 Å². The van der Waals surface area contributed by atoms with Crippen molar-refractivity contribution in [1.29, 1.82) is 0 Å². The Hall–Kier alpha value is -0.100. The molecule has 60 valence electrons. The van der Waals surface area contributed by atoms with Crippen LogP contribution in [-0.4, -0.2) is 16.1 Å². The smallest absolute Gasteiger partial charge is 0.171 e. The van der Waals surface area contributed by atoms with Gasteiger partial charge in [0, 0.05) is 26.6 Å². The van der Waals surface area contributed by atoms with Crippen molar-refractivity contribution >= 4 is 22.6 Å². The van der Waals surface area contributed by atoms with E-state index >= 15 is 0 Å². The van der Waals surface area contributed by atoms with E-state index in [2.05, 4.69) is 44.5 Å². The van der Waals surface area contributed by atoms with Gasteiger partial charge in [0.25, 0.3) is 0 Å². The van der Waals surface area contributed by atoms with Crippen LogP contribution in [0.5, 0.6) is 0 Å². The van der Waals surface area contributed by atoms with Gasteiger partial charge in [-0.15, -0.1) is 0 Å². The van der Waals surface area contributed by atoms with E-state index in [-0.39, 0.29) is 0 Å². The molecule has 0 saturated heterocycles. The average molecular weight is 263 g/mol. The summed E-state index contributed by atoms with van der Waals surface area (Å²) in [6, 6.07) is 0. The highest BCUT2D eigenvalue weighted by molar-refractivity contribution is 14.1. The van der Waals surface area contributed by atoms with Gasteiger partial charge in [-0.1, -0.05) is 0 Å². The molecule has 0 aromatic carbocycles. The first-order chi connectivity index (χ1) is 5.29. The molecule has 0 bridgehead atoms. The number of nitrogens with one attached hydrogen (secondary N) is 1. The topological polar surface area (TPSA) is 29.9 Å². The summed E-state index contributed by atoms with van der Waals surface area (Å²) in [5.74, 6) is 0. The molecule has 2 rings (SSSR count). The summed E-state index contributed by atoms with van der Waals surface area (Å²) >= 11 is 2.27. The molecule has 1 aliphatic rings. The van der Waals surface area contributed by atoms with Gasteiger partial charge in [0.15, 0.2) is 3.83 Å². The van der Waals surface area contributed by atoms with E-state index < -0.39 is 0 Å². The van der Waals surface area contributed by atoms with Crippen LogP contribution in [0.3, 0.4) is 0 Å². The second-order valence-corrected chi connectivity index (χ2v) is 3.72. The number of nitrogens with zero attached hydrogens (tertiary/aromatic N) is 2. The van der Waals surface area contributed by atoms with Crippen LogP contribution in [0.2, 0.25) is 0 Å². The highest BCUT2D eigenvalue weighted by Crippen LogP contribution is 2.15. The normalized spacial score (nSPS) is 16.5. The molecule has 11 heavy (non-hydrogen) atoms. The molecule has 0 saturated carbocycles. The molecule has 3 nitrogen and oxygen atoms in total. The summed E-state index contributed by atoms with van der Waals surface area (Å²) < 4.78 is 3.25. The van der Waals surface area contributed by atoms with E-state index in [1.807, 2.05) is 0 Å². The number of halogens is 1. The number of rotatable bonds is 0. The lowest BCUT2D eigenvalue weighted by molar-refractivity contribution is 0.605. The van der Waals surface area contributed by atoms with Gasteiger partial charge in [0.1, 0.15) is 0 Å². The van der Waals surface area contributed by atoms with Crippen LogP contribution in [0.4, 0.5) is 0 Å². The second-order valence-electron chi connectivity index (χ2n) is 2.76. The van der Waals surface area contributed by atoms with Crippen LogP contribution in [0, 0.1) is 3.83 Å². The number of aromatic nitrogens is 2. The molecule has 1 aliphatic heterocycles. The molecule has 1 aromatic rings. The van der Waals surface area contributed by atoms with Gasteiger partial charge in [-0.2, -0.15) is 0 Å². The lowest BCUT2D eigenvalue weighted by Crippen LogP contribution is -2.24. The Kier molecular flexibility index (Phi) is 1.88. The summed E-state index contributed by atoms with van der Waals surface area (Å²) in [6.45, 7) is 2.04. The first-order valence-electron chi connectivity index (χ1n) is 3.69. The minimum Gasteiger partial charge on any atom is -0.325 e. The van der Waals surface area contributed by atoms with Crippen LogP contribution < -0.4 is 5.32 Å². The molecule has 0 spiro atoms. The van der Waals surface area contributed by atoms with E-state index in [1.54, 1.807) is 0 Å². The average Bonchev–Trinajstić information content (AvgIpc) is 2.30. The van der Waals surface area contributed by atoms with E-state index in [0.717, 1.165) is 23.3 Å². The summed E-state index contributed by atoms with van der Waals surface area (Å²) in [4.78, 5) is 4.46. The number of imidazole rings is 1. The van der Waals surface area contributed by atoms with Crippen LogP contribution in [0.15, 0.2) is 0 Å². The first kappa shape index (κ1) is 7.54. The van der Waals surface area contributed by atoms with Gasteiger partial charge in [0.2, 0.25) is 0 Å². The third-order valence-corrected chi connectivity index (χ3v) is 3.04. The summed E-state index contributed by atoms with van der Waals surface area (Å²) in [5.41, 5.74) is 2.62. The Bertz CT molecular complexity index is 279. The molecule has 0 aliphatic carbocycles. The predicted octanol–water partition coefficient (Wildman–Crippen LogP) is 0.670. The van der Waals surface area contributed by atoms with Crippen molar-refractivity contribution in [3.8, 4) is 0 Å². The van der Waals surface area contributed by atoms with E-state index in [4.69, 9.17) is 0 Å². The predicted molar refractivity (Wildman–Crippen MR) is 51.3 cm³/mol. The maximum atomic E-state index is 4.46. The zero-order valence-electron chi connectivity index (χ0n) is 6.39. The highest BCUT2D eigenvalue weighted by atomic mass is 127. The zero-order valence-corrected chi connectivity index (χ0v) is 8.55. The van der Waals surface area contributed by atoms with E-state index in [9.17, 15) is 0 Å². The molecule has 0 fully saturated rings. The van der Waals surface area contributed by atoms with Crippen LogP contribution in [-0.2, 0) is 20.0 Å².